The third-order valence-corrected chi connectivity index (χ3v) is 3.02. The number of carbonyl (C=O) groups excluding carboxylic acids is 1. The molecule has 0 saturated carbocycles. The van der Waals surface area contributed by atoms with Gasteiger partial charge in [-0.25, -0.2) is 0 Å². The summed E-state index contributed by atoms with van der Waals surface area (Å²) < 4.78 is 11.9. The minimum Gasteiger partial charge on any atom is -0.261 e. The Morgan fingerprint density at radius 3 is 2.00 bits per heavy atom. The number of allylic oxidation sites excluding steroid dienone is 6. The van der Waals surface area contributed by atoms with E-state index >= 15 is 0 Å². The van der Waals surface area contributed by atoms with Crippen molar-refractivity contribution in [2.24, 2.45) is 0 Å². The Kier molecular flexibility index (Phi) is 14.9. The largest absolute Gasteiger partial charge is 0.301 e. The molecule has 0 aliphatic heterocycles. The van der Waals surface area contributed by atoms with E-state index in [9.17, 15) is 9.18 Å². The summed E-state index contributed by atoms with van der Waals surface area (Å²) in [6.07, 6.45) is 22.7. The number of carbonyl (C=O) groups is 1. The van der Waals surface area contributed by atoms with Crippen LogP contribution in [0.15, 0.2) is 36.5 Å². The van der Waals surface area contributed by atoms with Crippen LogP contribution in [0.5, 0.6) is 0 Å². The maximum absolute atomic E-state index is 11.9. The second-order valence-electron chi connectivity index (χ2n) is 4.96. The third kappa shape index (κ3) is 16.8. The Morgan fingerprint density at radius 2 is 1.35 bits per heavy atom. The fourth-order valence-electron chi connectivity index (χ4n) is 1.88. The van der Waals surface area contributed by atoms with Crippen LogP contribution in [0.1, 0.15) is 71.1 Å². The Bertz CT molecular complexity index is 303. The zero-order valence-corrected chi connectivity index (χ0v) is 12.8. The molecule has 0 saturated heterocycles. The van der Waals surface area contributed by atoms with Crippen molar-refractivity contribution in [3.05, 3.63) is 36.5 Å². The van der Waals surface area contributed by atoms with Gasteiger partial charge in [-0.2, -0.15) is 4.39 Å². The summed E-state index contributed by atoms with van der Waals surface area (Å²) in [6.45, 7) is 2.14. The molecule has 0 atom stereocenters. The first-order valence-electron chi connectivity index (χ1n) is 7.90. The Hall–Kier alpha value is -1.18. The van der Waals surface area contributed by atoms with Crippen molar-refractivity contribution in [2.45, 2.75) is 71.1 Å². The molecule has 0 amide bonds. The highest BCUT2D eigenvalue weighted by Gasteiger charge is 1.96. The summed E-state index contributed by atoms with van der Waals surface area (Å²) in [5, 5.41) is 0. The highest BCUT2D eigenvalue weighted by molar-refractivity contribution is 5.67. The topological polar surface area (TPSA) is 17.1 Å². The van der Waals surface area contributed by atoms with Crippen molar-refractivity contribution >= 4 is 6.04 Å². The molecule has 0 fully saturated rings. The Morgan fingerprint density at radius 1 is 0.800 bits per heavy atom. The summed E-state index contributed by atoms with van der Waals surface area (Å²) >= 11 is 0. The van der Waals surface area contributed by atoms with Gasteiger partial charge in [-0.1, -0.05) is 62.6 Å². The van der Waals surface area contributed by atoms with Crippen molar-refractivity contribution < 1.29 is 9.18 Å². The van der Waals surface area contributed by atoms with Gasteiger partial charge in [-0.15, -0.1) is 0 Å². The van der Waals surface area contributed by atoms with E-state index in [-0.39, 0.29) is 6.42 Å². The van der Waals surface area contributed by atoms with E-state index in [2.05, 4.69) is 43.4 Å². The monoisotopic (exact) mass is 280 g/mol. The van der Waals surface area contributed by atoms with Crippen LogP contribution in [-0.4, -0.2) is 6.04 Å². The SMILES string of the molecule is CC/C=C\C/C=C\C/C=C\CCCCCCCC(=O)F. The van der Waals surface area contributed by atoms with Crippen molar-refractivity contribution in [2.75, 3.05) is 0 Å². The molecule has 114 valence electrons. The van der Waals surface area contributed by atoms with E-state index < -0.39 is 6.04 Å². The van der Waals surface area contributed by atoms with Gasteiger partial charge in [0.05, 0.1) is 0 Å². The van der Waals surface area contributed by atoms with Gasteiger partial charge in [0.25, 0.3) is 0 Å². The summed E-state index contributed by atoms with van der Waals surface area (Å²) in [7, 11) is 0. The van der Waals surface area contributed by atoms with Gasteiger partial charge in [-0.3, -0.25) is 4.79 Å². The van der Waals surface area contributed by atoms with Gasteiger partial charge in [0.2, 0.25) is 0 Å². The van der Waals surface area contributed by atoms with Crippen LogP contribution in [-0.2, 0) is 4.79 Å². The summed E-state index contributed by atoms with van der Waals surface area (Å²) in [5.41, 5.74) is 0. The average Bonchev–Trinajstić information content (AvgIpc) is 2.43. The van der Waals surface area contributed by atoms with E-state index in [0.717, 1.165) is 38.5 Å². The van der Waals surface area contributed by atoms with Gasteiger partial charge in [0.15, 0.2) is 0 Å². The van der Waals surface area contributed by atoms with Crippen LogP contribution in [0.25, 0.3) is 0 Å². The van der Waals surface area contributed by atoms with Crippen LogP contribution in [0, 0.1) is 0 Å². The number of unbranched alkanes of at least 4 members (excludes halogenated alkanes) is 5. The molecule has 0 radical (unpaired) electrons. The van der Waals surface area contributed by atoms with E-state index in [1.807, 2.05) is 0 Å². The van der Waals surface area contributed by atoms with E-state index in [4.69, 9.17) is 0 Å². The van der Waals surface area contributed by atoms with Crippen LogP contribution in [0.3, 0.4) is 0 Å². The normalized spacial score (nSPS) is 12.1. The lowest BCUT2D eigenvalue weighted by atomic mass is 10.1. The minimum absolute atomic E-state index is 0.0969. The number of hydrogen-bond acceptors (Lipinski definition) is 1. The van der Waals surface area contributed by atoms with Crippen LogP contribution in [0.2, 0.25) is 0 Å². The summed E-state index contributed by atoms with van der Waals surface area (Å²) in [4.78, 5) is 10.1. The van der Waals surface area contributed by atoms with Gasteiger partial charge < -0.3 is 0 Å². The van der Waals surface area contributed by atoms with Crippen molar-refractivity contribution in [3.8, 4) is 0 Å². The van der Waals surface area contributed by atoms with Gasteiger partial charge in [0, 0.05) is 6.42 Å². The van der Waals surface area contributed by atoms with Crippen LogP contribution < -0.4 is 0 Å². The first-order valence-corrected chi connectivity index (χ1v) is 7.90. The molecule has 0 aromatic heterocycles. The van der Waals surface area contributed by atoms with E-state index in [1.54, 1.807) is 0 Å². The average molecular weight is 280 g/mol. The number of rotatable bonds is 13. The third-order valence-electron chi connectivity index (χ3n) is 3.02. The summed E-state index contributed by atoms with van der Waals surface area (Å²) in [6, 6.07) is -1.17. The standard InChI is InChI=1S/C18H29FO/c1-2-3-4-5-6-7-8-9-10-11-12-13-14-15-16-17-18(19)20/h3-4,6-7,9-10H,2,5,8,11-17H2,1H3/b4-3-,7-6-,10-9-. The van der Waals surface area contributed by atoms with Crippen LogP contribution in [0.4, 0.5) is 4.39 Å². The molecule has 20 heavy (non-hydrogen) atoms. The van der Waals surface area contributed by atoms with Gasteiger partial charge >= 0.3 is 6.04 Å². The molecule has 0 unspecified atom stereocenters. The second-order valence-corrected chi connectivity index (χ2v) is 4.96. The predicted molar refractivity (Wildman–Crippen MR) is 85.4 cm³/mol. The van der Waals surface area contributed by atoms with Crippen molar-refractivity contribution in [3.63, 3.8) is 0 Å². The molecule has 0 heterocycles. The molecule has 0 aromatic rings. The molecule has 0 aromatic carbocycles. The maximum Gasteiger partial charge on any atom is 0.301 e. The molecule has 0 aliphatic rings. The number of halogens is 1. The molecule has 2 heteroatoms. The van der Waals surface area contributed by atoms with Gasteiger partial charge in [-0.05, 0) is 38.5 Å². The lowest BCUT2D eigenvalue weighted by Gasteiger charge is -1.97. The minimum atomic E-state index is -1.17. The lowest BCUT2D eigenvalue weighted by Crippen LogP contribution is -1.87. The fraction of sp³-hybridized carbons (Fsp3) is 0.611. The van der Waals surface area contributed by atoms with Crippen molar-refractivity contribution in [1.29, 1.82) is 0 Å². The zero-order valence-electron chi connectivity index (χ0n) is 12.8. The van der Waals surface area contributed by atoms with Crippen LogP contribution >= 0.6 is 0 Å². The maximum atomic E-state index is 11.9. The molecule has 1 nitrogen and oxygen atoms in total. The Balaban J connectivity index is 3.23. The molecule has 0 bridgehead atoms. The highest BCUT2D eigenvalue weighted by Crippen LogP contribution is 2.08. The molecule has 0 aliphatic carbocycles. The van der Waals surface area contributed by atoms with Gasteiger partial charge in [0.1, 0.15) is 0 Å². The first kappa shape index (κ1) is 18.8. The second kappa shape index (κ2) is 15.9. The predicted octanol–water partition coefficient (Wildman–Crippen LogP) is 6.07. The highest BCUT2D eigenvalue weighted by atomic mass is 19.1. The number of hydrogen-bond donors (Lipinski definition) is 0. The molecular formula is C18H29FO. The molecular weight excluding hydrogens is 251 g/mol. The quantitative estimate of drug-likeness (QED) is 0.227. The van der Waals surface area contributed by atoms with E-state index in [0.29, 0.717) is 6.42 Å². The molecule has 0 spiro atoms. The van der Waals surface area contributed by atoms with E-state index in [1.165, 1.54) is 12.8 Å². The smallest absolute Gasteiger partial charge is 0.261 e. The Labute approximate surface area is 123 Å². The molecule has 0 rings (SSSR count). The molecule has 0 N–H and O–H groups in total. The van der Waals surface area contributed by atoms with Crippen molar-refractivity contribution in [1.82, 2.24) is 0 Å². The fourth-order valence-corrected chi connectivity index (χ4v) is 1.88. The lowest BCUT2D eigenvalue weighted by molar-refractivity contribution is -0.129. The first-order chi connectivity index (χ1) is 9.77. The zero-order chi connectivity index (χ0) is 14.9. The summed E-state index contributed by atoms with van der Waals surface area (Å²) in [5.74, 6) is 0.